The molecule has 0 bridgehead atoms. The van der Waals surface area contributed by atoms with Gasteiger partial charge in [0.05, 0.1) is 6.26 Å². The molecule has 1 unspecified atom stereocenters. The number of aromatic nitrogens is 2. The predicted molar refractivity (Wildman–Crippen MR) is 68.2 cm³/mol. The van der Waals surface area contributed by atoms with Crippen molar-refractivity contribution in [2.45, 2.75) is 39.7 Å². The van der Waals surface area contributed by atoms with Crippen LogP contribution in [0.15, 0.2) is 21.3 Å². The van der Waals surface area contributed by atoms with Gasteiger partial charge in [-0.2, -0.15) is 4.98 Å². The zero-order valence-electron chi connectivity index (χ0n) is 11.1. The van der Waals surface area contributed by atoms with Crippen molar-refractivity contribution in [1.82, 2.24) is 15.5 Å². The van der Waals surface area contributed by atoms with Gasteiger partial charge in [-0.05, 0) is 31.5 Å². The Morgan fingerprint density at radius 1 is 1.39 bits per heavy atom. The lowest BCUT2D eigenvalue weighted by Crippen LogP contribution is -2.30. The summed E-state index contributed by atoms with van der Waals surface area (Å²) in [4.78, 5) is 4.37. The van der Waals surface area contributed by atoms with Crippen LogP contribution in [-0.2, 0) is 6.42 Å². The third-order valence-corrected chi connectivity index (χ3v) is 2.94. The van der Waals surface area contributed by atoms with E-state index in [1.807, 2.05) is 13.0 Å². The lowest BCUT2D eigenvalue weighted by Gasteiger charge is -2.12. The minimum absolute atomic E-state index is 0.376. The van der Waals surface area contributed by atoms with Crippen molar-refractivity contribution < 1.29 is 8.94 Å². The Morgan fingerprint density at radius 2 is 2.22 bits per heavy atom. The fraction of sp³-hybridized carbons (Fsp3) is 0.538. The Balaban J connectivity index is 2.09. The highest BCUT2D eigenvalue weighted by Gasteiger charge is 2.16. The van der Waals surface area contributed by atoms with Crippen molar-refractivity contribution >= 4 is 0 Å². The SMILES string of the molecule is CCNC(CC)Cc1nc(-c2occc2C)no1. The quantitative estimate of drug-likeness (QED) is 0.852. The van der Waals surface area contributed by atoms with E-state index in [1.54, 1.807) is 6.26 Å². The fourth-order valence-corrected chi connectivity index (χ4v) is 1.89. The first-order valence-electron chi connectivity index (χ1n) is 6.35. The second kappa shape index (κ2) is 5.82. The van der Waals surface area contributed by atoms with Crippen molar-refractivity contribution in [2.75, 3.05) is 6.54 Å². The van der Waals surface area contributed by atoms with Crippen LogP contribution in [0.1, 0.15) is 31.7 Å². The highest BCUT2D eigenvalue weighted by Crippen LogP contribution is 2.21. The van der Waals surface area contributed by atoms with Gasteiger partial charge >= 0.3 is 0 Å². The molecule has 1 N–H and O–H groups in total. The van der Waals surface area contributed by atoms with Crippen LogP contribution in [0, 0.1) is 6.92 Å². The van der Waals surface area contributed by atoms with Gasteiger partial charge in [0.1, 0.15) is 0 Å². The summed E-state index contributed by atoms with van der Waals surface area (Å²) in [6.45, 7) is 7.13. The van der Waals surface area contributed by atoms with Gasteiger partial charge in [0.2, 0.25) is 11.7 Å². The van der Waals surface area contributed by atoms with Crippen molar-refractivity contribution in [2.24, 2.45) is 0 Å². The number of aryl methyl sites for hydroxylation is 1. The van der Waals surface area contributed by atoms with E-state index >= 15 is 0 Å². The summed E-state index contributed by atoms with van der Waals surface area (Å²) in [5.74, 6) is 1.86. The van der Waals surface area contributed by atoms with Gasteiger partial charge in [-0.25, -0.2) is 0 Å². The number of likely N-dealkylation sites (N-methyl/N-ethyl adjacent to an activating group) is 1. The molecule has 0 saturated heterocycles. The molecule has 98 valence electrons. The Hall–Kier alpha value is -1.62. The van der Waals surface area contributed by atoms with Gasteiger partial charge in [-0.1, -0.05) is 19.0 Å². The molecule has 0 amide bonds. The summed E-state index contributed by atoms with van der Waals surface area (Å²) in [5.41, 5.74) is 1.01. The maximum Gasteiger partial charge on any atom is 0.238 e. The van der Waals surface area contributed by atoms with Crippen LogP contribution in [0.25, 0.3) is 11.6 Å². The molecule has 2 aromatic heterocycles. The molecule has 0 radical (unpaired) electrons. The minimum atomic E-state index is 0.376. The molecular formula is C13H19N3O2. The molecule has 2 rings (SSSR count). The van der Waals surface area contributed by atoms with Gasteiger partial charge < -0.3 is 14.3 Å². The summed E-state index contributed by atoms with van der Waals surface area (Å²) in [6.07, 6.45) is 3.41. The monoisotopic (exact) mass is 249 g/mol. The van der Waals surface area contributed by atoms with E-state index < -0.39 is 0 Å². The summed E-state index contributed by atoms with van der Waals surface area (Å²) < 4.78 is 10.6. The molecule has 5 heteroatoms. The molecule has 0 fully saturated rings. The fourth-order valence-electron chi connectivity index (χ4n) is 1.89. The Kier molecular flexibility index (Phi) is 4.15. The van der Waals surface area contributed by atoms with E-state index in [0.717, 1.165) is 24.9 Å². The molecule has 5 nitrogen and oxygen atoms in total. The normalized spacial score (nSPS) is 12.8. The van der Waals surface area contributed by atoms with E-state index in [9.17, 15) is 0 Å². The number of rotatable bonds is 6. The third kappa shape index (κ3) is 2.79. The van der Waals surface area contributed by atoms with Crippen LogP contribution < -0.4 is 5.32 Å². The van der Waals surface area contributed by atoms with Crippen LogP contribution >= 0.6 is 0 Å². The first-order chi connectivity index (χ1) is 8.74. The van der Waals surface area contributed by atoms with Gasteiger partial charge in [-0.3, -0.25) is 0 Å². The number of hydrogen-bond acceptors (Lipinski definition) is 5. The maximum absolute atomic E-state index is 5.34. The molecule has 0 aliphatic rings. The van der Waals surface area contributed by atoms with Crippen LogP contribution in [0.5, 0.6) is 0 Å². The van der Waals surface area contributed by atoms with Crippen molar-refractivity contribution in [3.63, 3.8) is 0 Å². The predicted octanol–water partition coefficient (Wildman–Crippen LogP) is 2.57. The molecule has 0 saturated carbocycles. The first-order valence-corrected chi connectivity index (χ1v) is 6.35. The second-order valence-corrected chi connectivity index (χ2v) is 4.31. The largest absolute Gasteiger partial charge is 0.461 e. The first kappa shape index (κ1) is 12.8. The topological polar surface area (TPSA) is 64.1 Å². The molecule has 1 atom stereocenters. The van der Waals surface area contributed by atoms with E-state index in [0.29, 0.717) is 23.5 Å². The Bertz CT molecular complexity index is 490. The average molecular weight is 249 g/mol. The van der Waals surface area contributed by atoms with Crippen molar-refractivity contribution in [3.05, 3.63) is 23.8 Å². The zero-order valence-corrected chi connectivity index (χ0v) is 11.1. The standard InChI is InChI=1S/C13H19N3O2/c1-4-10(14-5-2)8-11-15-13(16-18-11)12-9(3)6-7-17-12/h6-7,10,14H,4-5,8H2,1-3H3. The smallest absolute Gasteiger partial charge is 0.238 e. The molecule has 0 aliphatic heterocycles. The number of nitrogens with one attached hydrogen (secondary N) is 1. The lowest BCUT2D eigenvalue weighted by molar-refractivity contribution is 0.355. The van der Waals surface area contributed by atoms with Gasteiger partial charge in [0, 0.05) is 12.5 Å². The van der Waals surface area contributed by atoms with Crippen molar-refractivity contribution in [3.8, 4) is 11.6 Å². The molecular weight excluding hydrogens is 230 g/mol. The summed E-state index contributed by atoms with van der Waals surface area (Å²) >= 11 is 0. The number of nitrogens with zero attached hydrogens (tertiary/aromatic N) is 2. The molecule has 18 heavy (non-hydrogen) atoms. The lowest BCUT2D eigenvalue weighted by atomic mass is 10.1. The summed E-state index contributed by atoms with van der Waals surface area (Å²) in [6, 6.07) is 2.26. The molecule has 0 aliphatic carbocycles. The molecule has 0 spiro atoms. The van der Waals surface area contributed by atoms with Crippen LogP contribution in [0.3, 0.4) is 0 Å². The number of furan rings is 1. The number of hydrogen-bond donors (Lipinski definition) is 1. The Labute approximate surface area is 107 Å². The zero-order chi connectivity index (χ0) is 13.0. The highest BCUT2D eigenvalue weighted by atomic mass is 16.5. The average Bonchev–Trinajstić information content (AvgIpc) is 2.97. The van der Waals surface area contributed by atoms with E-state index in [2.05, 4.69) is 29.3 Å². The molecule has 2 aromatic rings. The van der Waals surface area contributed by atoms with Crippen molar-refractivity contribution in [1.29, 1.82) is 0 Å². The third-order valence-electron chi connectivity index (χ3n) is 2.94. The van der Waals surface area contributed by atoms with E-state index in [1.165, 1.54) is 0 Å². The van der Waals surface area contributed by atoms with Crippen LogP contribution in [0.4, 0.5) is 0 Å². The van der Waals surface area contributed by atoms with Crippen LogP contribution in [0.2, 0.25) is 0 Å². The van der Waals surface area contributed by atoms with E-state index in [-0.39, 0.29) is 0 Å². The van der Waals surface area contributed by atoms with Gasteiger partial charge in [0.25, 0.3) is 0 Å². The molecule has 0 aromatic carbocycles. The maximum atomic E-state index is 5.34. The second-order valence-electron chi connectivity index (χ2n) is 4.31. The highest BCUT2D eigenvalue weighted by molar-refractivity contribution is 5.50. The summed E-state index contributed by atoms with van der Waals surface area (Å²) in [5, 5.41) is 7.34. The van der Waals surface area contributed by atoms with Gasteiger partial charge in [0.15, 0.2) is 5.76 Å². The Morgan fingerprint density at radius 3 is 2.83 bits per heavy atom. The van der Waals surface area contributed by atoms with Crippen LogP contribution in [-0.4, -0.2) is 22.7 Å². The minimum Gasteiger partial charge on any atom is -0.461 e. The van der Waals surface area contributed by atoms with E-state index in [4.69, 9.17) is 8.94 Å². The summed E-state index contributed by atoms with van der Waals surface area (Å²) in [7, 11) is 0. The molecule has 2 heterocycles. The van der Waals surface area contributed by atoms with Gasteiger partial charge in [-0.15, -0.1) is 0 Å².